The van der Waals surface area contributed by atoms with E-state index in [1.54, 1.807) is 0 Å². The normalized spacial score (nSPS) is 12.7. The minimum Gasteiger partial charge on any atom is -0.462 e. The Bertz CT molecular complexity index is 737. The van der Waals surface area contributed by atoms with Crippen LogP contribution in [0.1, 0.15) is 162 Å². The third-order valence-corrected chi connectivity index (χ3v) is 7.35. The van der Waals surface area contributed by atoms with Crippen molar-refractivity contribution in [1.29, 1.82) is 0 Å². The zero-order valence-corrected chi connectivity index (χ0v) is 28.0. The molecule has 0 amide bonds. The minimum atomic E-state index is -0.783. The van der Waals surface area contributed by atoms with Gasteiger partial charge < -0.3 is 14.6 Å². The van der Waals surface area contributed by atoms with Crippen LogP contribution in [0.2, 0.25) is 0 Å². The van der Waals surface area contributed by atoms with Crippen molar-refractivity contribution >= 4 is 11.9 Å². The van der Waals surface area contributed by atoms with E-state index in [4.69, 9.17) is 9.47 Å². The zero-order chi connectivity index (χ0) is 31.5. The van der Waals surface area contributed by atoms with Gasteiger partial charge in [-0.3, -0.25) is 9.59 Å². The zero-order valence-electron chi connectivity index (χ0n) is 28.0. The summed E-state index contributed by atoms with van der Waals surface area (Å²) < 4.78 is 10.5. The van der Waals surface area contributed by atoms with Gasteiger partial charge in [0, 0.05) is 12.8 Å². The Morgan fingerprint density at radius 2 is 0.953 bits per heavy atom. The van der Waals surface area contributed by atoms with E-state index >= 15 is 0 Å². The Balaban J connectivity index is 3.64. The second kappa shape index (κ2) is 34.4. The topological polar surface area (TPSA) is 72.8 Å². The first-order chi connectivity index (χ1) is 21.1. The second-order valence-corrected chi connectivity index (χ2v) is 11.6. The maximum Gasteiger partial charge on any atom is 0.306 e. The molecule has 0 saturated heterocycles. The van der Waals surface area contributed by atoms with Gasteiger partial charge in [0.05, 0.1) is 6.61 Å². The molecule has 0 unspecified atom stereocenters. The molecular formula is C38H66O5. The van der Waals surface area contributed by atoms with Gasteiger partial charge in [-0.2, -0.15) is 0 Å². The summed E-state index contributed by atoms with van der Waals surface area (Å²) in [5.41, 5.74) is 0. The number of esters is 2. The molecule has 0 saturated carbocycles. The van der Waals surface area contributed by atoms with Crippen LogP contribution in [0.25, 0.3) is 0 Å². The van der Waals surface area contributed by atoms with Gasteiger partial charge in [0.25, 0.3) is 0 Å². The number of ether oxygens (including phenoxy) is 2. The first kappa shape index (κ1) is 40.9. The fraction of sp³-hybridized carbons (Fsp3) is 0.737. The third kappa shape index (κ3) is 32.6. The number of aliphatic hydroxyl groups is 1. The average molecular weight is 603 g/mol. The number of unbranched alkanes of at least 4 members (excludes halogenated alkanes) is 15. The molecule has 0 aromatic heterocycles. The van der Waals surface area contributed by atoms with Crippen molar-refractivity contribution in [2.75, 3.05) is 13.2 Å². The molecule has 0 aromatic rings. The van der Waals surface area contributed by atoms with Gasteiger partial charge in [0.15, 0.2) is 6.10 Å². The van der Waals surface area contributed by atoms with Crippen molar-refractivity contribution < 1.29 is 24.2 Å². The van der Waals surface area contributed by atoms with Crippen LogP contribution in [0.15, 0.2) is 48.6 Å². The van der Waals surface area contributed by atoms with Gasteiger partial charge in [-0.25, -0.2) is 0 Å². The highest BCUT2D eigenvalue weighted by atomic mass is 16.6. The number of rotatable bonds is 31. The number of carbonyl (C=O) groups is 2. The first-order valence-corrected chi connectivity index (χ1v) is 17.7. The Morgan fingerprint density at radius 1 is 0.535 bits per heavy atom. The molecule has 5 nitrogen and oxygen atoms in total. The molecule has 1 N–H and O–H groups in total. The van der Waals surface area contributed by atoms with Gasteiger partial charge in [-0.1, -0.05) is 127 Å². The van der Waals surface area contributed by atoms with Crippen LogP contribution in [0, 0.1) is 0 Å². The van der Waals surface area contributed by atoms with Gasteiger partial charge in [0.2, 0.25) is 0 Å². The average Bonchev–Trinajstić information content (AvgIpc) is 3.01. The summed E-state index contributed by atoms with van der Waals surface area (Å²) in [6.07, 6.45) is 41.6. The third-order valence-electron chi connectivity index (χ3n) is 7.35. The molecule has 0 rings (SSSR count). The van der Waals surface area contributed by atoms with Crippen molar-refractivity contribution in [3.05, 3.63) is 48.6 Å². The molecule has 0 heterocycles. The standard InChI is InChI=1S/C38H66O5/c1-3-5-7-9-11-13-15-17-19-21-23-25-27-29-31-33-38(41)43-36(34-39)35-42-37(40)32-30-28-26-24-22-20-18-16-14-12-10-8-6-4-2/h10-13,16-19,36,39H,3-9,14-15,20-35H2,1-2H3/b12-10-,13-11-,18-16-,19-17-/t36-/m0/s1. The lowest BCUT2D eigenvalue weighted by molar-refractivity contribution is -0.161. The lowest BCUT2D eigenvalue weighted by Gasteiger charge is -2.15. The Kier molecular flexibility index (Phi) is 32.6. The number of allylic oxidation sites excluding steroid dienone is 8. The highest BCUT2D eigenvalue weighted by Crippen LogP contribution is 2.11. The summed E-state index contributed by atoms with van der Waals surface area (Å²) >= 11 is 0. The highest BCUT2D eigenvalue weighted by molar-refractivity contribution is 5.70. The molecule has 5 heteroatoms. The van der Waals surface area contributed by atoms with Crippen LogP contribution in [0.3, 0.4) is 0 Å². The van der Waals surface area contributed by atoms with Crippen LogP contribution in [-0.2, 0) is 19.1 Å². The molecule has 0 bridgehead atoms. The smallest absolute Gasteiger partial charge is 0.306 e. The van der Waals surface area contributed by atoms with Gasteiger partial charge in [-0.15, -0.1) is 0 Å². The molecule has 0 aliphatic rings. The Labute approximate surface area is 265 Å². The summed E-state index contributed by atoms with van der Waals surface area (Å²) in [5.74, 6) is -0.628. The predicted molar refractivity (Wildman–Crippen MR) is 182 cm³/mol. The predicted octanol–water partition coefficient (Wildman–Crippen LogP) is 10.7. The van der Waals surface area contributed by atoms with E-state index in [2.05, 4.69) is 62.5 Å². The van der Waals surface area contributed by atoms with Crippen molar-refractivity contribution in [1.82, 2.24) is 0 Å². The molecule has 0 radical (unpaired) electrons. The van der Waals surface area contributed by atoms with Gasteiger partial charge in [-0.05, 0) is 70.6 Å². The van der Waals surface area contributed by atoms with Crippen LogP contribution in [-0.4, -0.2) is 36.4 Å². The van der Waals surface area contributed by atoms with E-state index in [1.807, 2.05) is 0 Å². The van der Waals surface area contributed by atoms with Crippen LogP contribution < -0.4 is 0 Å². The fourth-order valence-corrected chi connectivity index (χ4v) is 4.60. The summed E-state index contributed by atoms with van der Waals surface area (Å²) in [6, 6.07) is 0. The Morgan fingerprint density at radius 3 is 1.44 bits per heavy atom. The first-order valence-electron chi connectivity index (χ1n) is 17.7. The fourth-order valence-electron chi connectivity index (χ4n) is 4.60. The second-order valence-electron chi connectivity index (χ2n) is 11.6. The van der Waals surface area contributed by atoms with Crippen LogP contribution in [0.5, 0.6) is 0 Å². The molecule has 0 spiro atoms. The van der Waals surface area contributed by atoms with E-state index < -0.39 is 6.10 Å². The monoisotopic (exact) mass is 602 g/mol. The molecule has 248 valence electrons. The molecule has 0 aliphatic carbocycles. The summed E-state index contributed by atoms with van der Waals surface area (Å²) in [5, 5.41) is 9.51. The quantitative estimate of drug-likeness (QED) is 0.0485. The summed E-state index contributed by atoms with van der Waals surface area (Å²) in [7, 11) is 0. The van der Waals surface area contributed by atoms with E-state index in [0.717, 1.165) is 70.6 Å². The maximum atomic E-state index is 12.1. The lowest BCUT2D eigenvalue weighted by Crippen LogP contribution is -2.28. The van der Waals surface area contributed by atoms with Crippen LogP contribution in [0.4, 0.5) is 0 Å². The Hall–Kier alpha value is -2.14. The van der Waals surface area contributed by atoms with Crippen molar-refractivity contribution in [3.63, 3.8) is 0 Å². The van der Waals surface area contributed by atoms with E-state index in [0.29, 0.717) is 12.8 Å². The lowest BCUT2D eigenvalue weighted by atomic mass is 10.1. The number of hydrogen-bond donors (Lipinski definition) is 1. The number of hydrogen-bond acceptors (Lipinski definition) is 5. The van der Waals surface area contributed by atoms with Crippen molar-refractivity contribution in [2.24, 2.45) is 0 Å². The van der Waals surface area contributed by atoms with E-state index in [1.165, 1.54) is 64.2 Å². The largest absolute Gasteiger partial charge is 0.462 e. The number of aliphatic hydroxyl groups excluding tert-OH is 1. The van der Waals surface area contributed by atoms with E-state index in [-0.39, 0.29) is 25.2 Å². The van der Waals surface area contributed by atoms with Gasteiger partial charge in [0.1, 0.15) is 6.61 Å². The maximum absolute atomic E-state index is 12.1. The number of carbonyl (C=O) groups excluding carboxylic acids is 2. The van der Waals surface area contributed by atoms with E-state index in [9.17, 15) is 14.7 Å². The molecule has 1 atom stereocenters. The van der Waals surface area contributed by atoms with Crippen molar-refractivity contribution in [3.8, 4) is 0 Å². The van der Waals surface area contributed by atoms with Crippen LogP contribution >= 0.6 is 0 Å². The molecule has 0 fully saturated rings. The highest BCUT2D eigenvalue weighted by Gasteiger charge is 2.16. The molecular weight excluding hydrogens is 536 g/mol. The summed E-state index contributed by atoms with van der Waals surface area (Å²) in [6.45, 7) is 4.03. The van der Waals surface area contributed by atoms with Crippen molar-refractivity contribution in [2.45, 2.75) is 168 Å². The molecule has 0 aliphatic heterocycles. The minimum absolute atomic E-state index is 0.0800. The molecule has 0 aromatic carbocycles. The SMILES string of the molecule is CCCC/C=C\C/C=C\CCCCCCCC(=O)OC[C@H](CO)OC(=O)CCCCCCC/C=C\C/C=C\CCCCC. The summed E-state index contributed by atoms with van der Waals surface area (Å²) in [4.78, 5) is 24.1. The van der Waals surface area contributed by atoms with Gasteiger partial charge >= 0.3 is 11.9 Å². The molecule has 43 heavy (non-hydrogen) atoms.